The van der Waals surface area contributed by atoms with Crippen molar-refractivity contribution in [2.24, 2.45) is 0 Å². The Labute approximate surface area is 166 Å². The predicted molar refractivity (Wildman–Crippen MR) is 109 cm³/mol. The second-order valence-corrected chi connectivity index (χ2v) is 7.99. The SMILES string of the molecule is CC(C)=CCCC(C)=CCC[C@]1(C)Oc2c(C=O)c(C=O)cc(O)c2C[C@@H]1O. The van der Waals surface area contributed by atoms with Crippen molar-refractivity contribution in [3.63, 3.8) is 0 Å². The fourth-order valence-corrected chi connectivity index (χ4v) is 3.48. The number of fused-ring (bicyclic) bond motifs is 1. The van der Waals surface area contributed by atoms with Crippen LogP contribution in [0.2, 0.25) is 0 Å². The highest BCUT2D eigenvalue weighted by Gasteiger charge is 2.41. The molecule has 0 fully saturated rings. The van der Waals surface area contributed by atoms with E-state index in [9.17, 15) is 19.8 Å². The Bertz CT molecular complexity index is 802. The maximum atomic E-state index is 11.5. The highest BCUT2D eigenvalue weighted by molar-refractivity contribution is 5.94. The zero-order valence-electron chi connectivity index (χ0n) is 17.1. The maximum absolute atomic E-state index is 11.5. The minimum absolute atomic E-state index is 0.0833. The number of allylic oxidation sites excluding steroid dienone is 4. The van der Waals surface area contributed by atoms with Gasteiger partial charge in [-0.05, 0) is 59.4 Å². The molecule has 1 aromatic carbocycles. The molecule has 2 N–H and O–H groups in total. The third-order valence-corrected chi connectivity index (χ3v) is 5.34. The summed E-state index contributed by atoms with van der Waals surface area (Å²) in [6, 6.07) is 1.24. The number of hydrogen-bond donors (Lipinski definition) is 2. The zero-order valence-corrected chi connectivity index (χ0v) is 17.1. The summed E-state index contributed by atoms with van der Waals surface area (Å²) < 4.78 is 6.03. The molecule has 0 amide bonds. The van der Waals surface area contributed by atoms with Crippen LogP contribution in [0.1, 0.15) is 79.7 Å². The molecule has 0 aliphatic carbocycles. The van der Waals surface area contributed by atoms with Crippen molar-refractivity contribution in [1.29, 1.82) is 0 Å². The Hall–Kier alpha value is -2.40. The number of aliphatic hydroxyl groups is 1. The molecule has 0 spiro atoms. The van der Waals surface area contributed by atoms with E-state index in [-0.39, 0.29) is 29.0 Å². The third-order valence-electron chi connectivity index (χ3n) is 5.34. The minimum atomic E-state index is -0.907. The van der Waals surface area contributed by atoms with Crippen molar-refractivity contribution in [3.05, 3.63) is 46.1 Å². The summed E-state index contributed by atoms with van der Waals surface area (Å²) in [5, 5.41) is 20.8. The van der Waals surface area contributed by atoms with E-state index in [1.807, 2.05) is 0 Å². The number of aldehydes is 2. The average molecular weight is 386 g/mol. The van der Waals surface area contributed by atoms with Crippen LogP contribution in [0.3, 0.4) is 0 Å². The van der Waals surface area contributed by atoms with Gasteiger partial charge in [0.1, 0.15) is 17.1 Å². The van der Waals surface area contributed by atoms with Crippen LogP contribution in [0, 0.1) is 0 Å². The smallest absolute Gasteiger partial charge is 0.154 e. The molecule has 2 rings (SSSR count). The van der Waals surface area contributed by atoms with Crippen LogP contribution < -0.4 is 4.74 Å². The lowest BCUT2D eigenvalue weighted by molar-refractivity contribution is -0.0595. The first kappa shape index (κ1) is 21.9. The Morgan fingerprint density at radius 2 is 1.93 bits per heavy atom. The van der Waals surface area contributed by atoms with Crippen molar-refractivity contribution in [2.45, 2.75) is 71.5 Å². The molecule has 5 nitrogen and oxygen atoms in total. The maximum Gasteiger partial charge on any atom is 0.154 e. The molecule has 1 aromatic rings. The number of benzene rings is 1. The van der Waals surface area contributed by atoms with Gasteiger partial charge < -0.3 is 14.9 Å². The highest BCUT2D eigenvalue weighted by atomic mass is 16.5. The molecule has 1 aliphatic heterocycles. The summed E-state index contributed by atoms with van der Waals surface area (Å²) in [7, 11) is 0. The summed E-state index contributed by atoms with van der Waals surface area (Å²) in [6.45, 7) is 8.06. The summed E-state index contributed by atoms with van der Waals surface area (Å²) in [5.41, 5.74) is 2.25. The van der Waals surface area contributed by atoms with Gasteiger partial charge in [0.05, 0.1) is 11.7 Å². The lowest BCUT2D eigenvalue weighted by atomic mass is 9.84. The van der Waals surface area contributed by atoms with Gasteiger partial charge in [-0.3, -0.25) is 9.59 Å². The van der Waals surface area contributed by atoms with Gasteiger partial charge in [0.25, 0.3) is 0 Å². The van der Waals surface area contributed by atoms with E-state index in [1.54, 1.807) is 6.92 Å². The number of carbonyl (C=O) groups is 2. The van der Waals surface area contributed by atoms with Gasteiger partial charge in [-0.1, -0.05) is 23.3 Å². The van der Waals surface area contributed by atoms with E-state index in [2.05, 4.69) is 32.9 Å². The topological polar surface area (TPSA) is 83.8 Å². The van der Waals surface area contributed by atoms with Crippen LogP contribution in [0.5, 0.6) is 11.5 Å². The van der Waals surface area contributed by atoms with Crippen LogP contribution in [-0.4, -0.2) is 34.5 Å². The van der Waals surface area contributed by atoms with Gasteiger partial charge in [-0.25, -0.2) is 0 Å². The first-order chi connectivity index (χ1) is 13.2. The molecule has 152 valence electrons. The highest BCUT2D eigenvalue weighted by Crippen LogP contribution is 2.43. The number of aromatic hydroxyl groups is 1. The van der Waals surface area contributed by atoms with Crippen LogP contribution in [0.4, 0.5) is 0 Å². The number of aliphatic hydroxyl groups excluding tert-OH is 1. The summed E-state index contributed by atoms with van der Waals surface area (Å²) >= 11 is 0. The van der Waals surface area contributed by atoms with Crippen molar-refractivity contribution in [3.8, 4) is 11.5 Å². The number of phenols is 1. The van der Waals surface area contributed by atoms with Crippen LogP contribution >= 0.6 is 0 Å². The van der Waals surface area contributed by atoms with Gasteiger partial charge in [0.2, 0.25) is 0 Å². The molecule has 0 saturated carbocycles. The molecular formula is C23H30O5. The van der Waals surface area contributed by atoms with Gasteiger partial charge in [-0.15, -0.1) is 0 Å². The quantitative estimate of drug-likeness (QED) is 0.506. The molecular weight excluding hydrogens is 356 g/mol. The molecule has 5 heteroatoms. The molecule has 0 bridgehead atoms. The molecule has 0 saturated heterocycles. The Kier molecular flexibility index (Phi) is 7.19. The standard InChI is InChI=1S/C23H30O5/c1-15(2)7-5-8-16(3)9-6-10-23(4)21(27)12-18-20(26)11-17(13-24)19(14-25)22(18)28-23/h7,9,11,13-14,21,26-27H,5-6,8,10,12H2,1-4H3/t21-,23-/m0/s1. The van der Waals surface area contributed by atoms with Crippen molar-refractivity contribution in [1.82, 2.24) is 0 Å². The molecule has 0 unspecified atom stereocenters. The fourth-order valence-electron chi connectivity index (χ4n) is 3.48. The molecule has 1 aliphatic rings. The van der Waals surface area contributed by atoms with Crippen LogP contribution in [0.15, 0.2) is 29.4 Å². The Balaban J connectivity index is 2.17. The summed E-state index contributed by atoms with van der Waals surface area (Å²) in [6.07, 6.45) is 8.05. The van der Waals surface area contributed by atoms with Crippen molar-refractivity contribution in [2.75, 3.05) is 0 Å². The van der Waals surface area contributed by atoms with Crippen molar-refractivity contribution < 1.29 is 24.5 Å². The zero-order chi connectivity index (χ0) is 20.9. The first-order valence-corrected chi connectivity index (χ1v) is 9.67. The van der Waals surface area contributed by atoms with E-state index >= 15 is 0 Å². The molecule has 28 heavy (non-hydrogen) atoms. The second kappa shape index (κ2) is 9.20. The normalized spacial score (nSPS) is 21.5. The Morgan fingerprint density at radius 1 is 1.21 bits per heavy atom. The predicted octanol–water partition coefficient (Wildman–Crippen LogP) is 4.54. The lowest BCUT2D eigenvalue weighted by Gasteiger charge is -2.40. The van der Waals surface area contributed by atoms with Gasteiger partial charge in [0, 0.05) is 17.5 Å². The lowest BCUT2D eigenvalue weighted by Crippen LogP contribution is -2.49. The number of carbonyl (C=O) groups excluding carboxylic acids is 2. The summed E-state index contributed by atoms with van der Waals surface area (Å²) in [5.74, 6) is 0.0629. The van der Waals surface area contributed by atoms with Crippen LogP contribution in [0.25, 0.3) is 0 Å². The molecule has 1 heterocycles. The monoisotopic (exact) mass is 386 g/mol. The number of rotatable bonds is 8. The third kappa shape index (κ3) is 4.90. The van der Waals surface area contributed by atoms with E-state index in [0.717, 1.165) is 19.3 Å². The van der Waals surface area contributed by atoms with Crippen LogP contribution in [-0.2, 0) is 6.42 Å². The molecule has 0 aromatic heterocycles. The van der Waals surface area contributed by atoms with Gasteiger partial charge in [-0.2, -0.15) is 0 Å². The number of ether oxygens (including phenoxy) is 1. The summed E-state index contributed by atoms with van der Waals surface area (Å²) in [4.78, 5) is 22.8. The molecule has 2 atom stereocenters. The second-order valence-electron chi connectivity index (χ2n) is 7.99. The number of phenolic OH excluding ortho intramolecular Hbond substituents is 1. The largest absolute Gasteiger partial charge is 0.508 e. The van der Waals surface area contributed by atoms with E-state index in [1.165, 1.54) is 17.2 Å². The Morgan fingerprint density at radius 3 is 2.54 bits per heavy atom. The molecule has 0 radical (unpaired) electrons. The van der Waals surface area contributed by atoms with Gasteiger partial charge in [0.15, 0.2) is 12.6 Å². The fraction of sp³-hybridized carbons (Fsp3) is 0.478. The minimum Gasteiger partial charge on any atom is -0.508 e. The average Bonchev–Trinajstić information content (AvgIpc) is 2.63. The van der Waals surface area contributed by atoms with E-state index in [4.69, 9.17) is 4.74 Å². The van der Waals surface area contributed by atoms with Crippen molar-refractivity contribution >= 4 is 12.6 Å². The van der Waals surface area contributed by atoms with E-state index < -0.39 is 11.7 Å². The van der Waals surface area contributed by atoms with Gasteiger partial charge >= 0.3 is 0 Å². The van der Waals surface area contributed by atoms with E-state index in [0.29, 0.717) is 24.6 Å². The first-order valence-electron chi connectivity index (χ1n) is 9.67. The number of hydrogen-bond acceptors (Lipinski definition) is 5.